The lowest BCUT2D eigenvalue weighted by atomic mass is 10.0. The van der Waals surface area contributed by atoms with Crippen LogP contribution in [0.4, 0.5) is 0 Å². The summed E-state index contributed by atoms with van der Waals surface area (Å²) >= 11 is 0. The Morgan fingerprint density at radius 3 is 2.92 bits per heavy atom. The maximum Gasteiger partial charge on any atom is 0.189 e. The average Bonchev–Trinajstić information content (AvgIpc) is 2.52. The van der Waals surface area contributed by atoms with E-state index in [1.807, 2.05) is 24.3 Å². The average molecular weight is 467 g/mol. The molecule has 2 unspecified atom stereocenters. The van der Waals surface area contributed by atoms with Gasteiger partial charge in [0.25, 0.3) is 0 Å². The van der Waals surface area contributed by atoms with Gasteiger partial charge in [-0.1, -0.05) is 18.2 Å². The van der Waals surface area contributed by atoms with Crippen LogP contribution in [0, 0.1) is 0 Å². The summed E-state index contributed by atoms with van der Waals surface area (Å²) < 4.78 is 34.2. The molecule has 9 heteroatoms. The number of benzene rings is 1. The quantitative estimate of drug-likeness (QED) is 0.388. The number of guanidine groups is 1. The molecule has 2 aliphatic heterocycles. The highest BCUT2D eigenvalue weighted by Gasteiger charge is 2.25. The smallest absolute Gasteiger partial charge is 0.189 e. The molecule has 0 aliphatic carbocycles. The van der Waals surface area contributed by atoms with Crippen molar-refractivity contribution in [1.29, 1.82) is 0 Å². The minimum atomic E-state index is -3.02. The summed E-state index contributed by atoms with van der Waals surface area (Å²) in [5.41, 5.74) is 6.99. The molecule has 3 rings (SSSR count). The summed E-state index contributed by atoms with van der Waals surface area (Å²) in [6, 6.07) is 7.85. The molecule has 0 saturated carbocycles. The van der Waals surface area contributed by atoms with Gasteiger partial charge in [0.2, 0.25) is 0 Å². The van der Waals surface area contributed by atoms with Crippen LogP contribution < -0.4 is 15.8 Å². The van der Waals surface area contributed by atoms with E-state index >= 15 is 0 Å². The maximum absolute atomic E-state index is 11.6. The first kappa shape index (κ1) is 19.3. The summed E-state index contributed by atoms with van der Waals surface area (Å²) in [6.07, 6.45) is 0.373. The molecule has 1 aromatic rings. The topological polar surface area (TPSA) is 103 Å². The van der Waals surface area contributed by atoms with Gasteiger partial charge in [0.05, 0.1) is 43.4 Å². The lowest BCUT2D eigenvalue weighted by molar-refractivity contribution is 0.0782. The molecule has 2 aliphatic rings. The van der Waals surface area contributed by atoms with E-state index in [0.29, 0.717) is 12.6 Å². The first-order valence-electron chi connectivity index (χ1n) is 7.64. The number of hydrogen-bond acceptors (Lipinski definition) is 5. The zero-order chi connectivity index (χ0) is 16.3. The van der Waals surface area contributed by atoms with Crippen molar-refractivity contribution in [2.24, 2.45) is 10.7 Å². The molecule has 1 aromatic carbocycles. The van der Waals surface area contributed by atoms with Gasteiger partial charge in [-0.05, 0) is 6.07 Å². The molecule has 24 heavy (non-hydrogen) atoms. The number of halogens is 1. The molecule has 0 aromatic heterocycles. The summed E-state index contributed by atoms with van der Waals surface area (Å²) in [4.78, 5) is 4.23. The number of nitrogens with two attached hydrogens (primary N) is 1. The van der Waals surface area contributed by atoms with Crippen molar-refractivity contribution in [2.45, 2.75) is 18.6 Å². The molecular weight excluding hydrogens is 445 g/mol. The number of fused-ring (bicyclic) bond motifs is 1. The van der Waals surface area contributed by atoms with E-state index in [1.54, 1.807) is 0 Å². The Labute approximate surface area is 158 Å². The summed E-state index contributed by atoms with van der Waals surface area (Å²) in [7, 11) is -3.02. The van der Waals surface area contributed by atoms with Crippen molar-refractivity contribution < 1.29 is 17.9 Å². The van der Waals surface area contributed by atoms with Crippen LogP contribution in [0.5, 0.6) is 5.75 Å². The van der Waals surface area contributed by atoms with Crippen molar-refractivity contribution in [3.05, 3.63) is 29.8 Å². The maximum atomic E-state index is 11.6. The van der Waals surface area contributed by atoms with E-state index in [2.05, 4.69) is 10.3 Å². The van der Waals surface area contributed by atoms with Crippen LogP contribution in [0.3, 0.4) is 0 Å². The molecule has 0 bridgehead atoms. The highest BCUT2D eigenvalue weighted by Crippen LogP contribution is 2.31. The van der Waals surface area contributed by atoms with Crippen LogP contribution in [0.25, 0.3) is 0 Å². The number of rotatable bonds is 3. The van der Waals surface area contributed by atoms with Gasteiger partial charge >= 0.3 is 0 Å². The minimum absolute atomic E-state index is 0. The predicted octanol–water partition coefficient (Wildman–Crippen LogP) is 0.846. The minimum Gasteiger partial charge on any atom is -0.493 e. The normalized spacial score (nSPS) is 25.8. The molecule has 0 amide bonds. The first-order valence-corrected chi connectivity index (χ1v) is 9.46. The second kappa shape index (κ2) is 8.34. The Bertz CT molecular complexity index is 696. The van der Waals surface area contributed by atoms with E-state index in [9.17, 15) is 8.42 Å². The third-order valence-corrected chi connectivity index (χ3v) is 5.60. The van der Waals surface area contributed by atoms with Gasteiger partial charge in [-0.2, -0.15) is 0 Å². The van der Waals surface area contributed by atoms with Crippen LogP contribution >= 0.6 is 24.0 Å². The van der Waals surface area contributed by atoms with Crippen LogP contribution in [0.15, 0.2) is 29.3 Å². The number of nitrogens with zero attached hydrogens (tertiary/aromatic N) is 1. The Morgan fingerprint density at radius 1 is 1.33 bits per heavy atom. The van der Waals surface area contributed by atoms with Crippen LogP contribution in [-0.4, -0.2) is 51.7 Å². The van der Waals surface area contributed by atoms with Gasteiger partial charge in [-0.25, -0.2) is 8.42 Å². The van der Waals surface area contributed by atoms with Gasteiger partial charge in [0.15, 0.2) is 15.8 Å². The molecule has 2 heterocycles. The van der Waals surface area contributed by atoms with Gasteiger partial charge in [-0.3, -0.25) is 4.99 Å². The standard InChI is InChI=1S/C15H21N3O4S.HI/c16-15(17-9-11-10-23(19,20)8-7-21-11)18-13-5-6-22-14-4-2-1-3-12(13)14;/h1-4,11,13H,5-10H2,(H3,16,17,18);1H. The molecule has 3 N–H and O–H groups in total. The van der Waals surface area contributed by atoms with Crippen molar-refractivity contribution >= 4 is 39.8 Å². The molecule has 0 spiro atoms. The fourth-order valence-electron chi connectivity index (χ4n) is 2.78. The number of nitrogens with one attached hydrogen (secondary N) is 1. The number of para-hydroxylation sites is 1. The van der Waals surface area contributed by atoms with E-state index in [1.165, 1.54) is 0 Å². The third kappa shape index (κ3) is 4.96. The Hall–Kier alpha value is -1.07. The second-order valence-corrected chi connectivity index (χ2v) is 7.93. The van der Waals surface area contributed by atoms with E-state index < -0.39 is 15.9 Å². The molecule has 7 nitrogen and oxygen atoms in total. The van der Waals surface area contributed by atoms with Crippen molar-refractivity contribution in [1.82, 2.24) is 5.32 Å². The number of ether oxygens (including phenoxy) is 2. The second-order valence-electron chi connectivity index (χ2n) is 5.70. The van der Waals surface area contributed by atoms with Gasteiger partial charge < -0.3 is 20.5 Å². The zero-order valence-corrected chi connectivity index (χ0v) is 16.3. The SMILES string of the molecule is I.NC(=NCC1CS(=O)(=O)CCO1)NC1CCOc2ccccc21. The van der Waals surface area contributed by atoms with Gasteiger partial charge in [-0.15, -0.1) is 24.0 Å². The summed E-state index contributed by atoms with van der Waals surface area (Å²) in [6.45, 7) is 1.08. The fourth-order valence-corrected chi connectivity index (χ4v) is 4.06. The van der Waals surface area contributed by atoms with Crippen LogP contribution in [0.2, 0.25) is 0 Å². The van der Waals surface area contributed by atoms with E-state index in [-0.39, 0.29) is 54.7 Å². The predicted molar refractivity (Wildman–Crippen MR) is 103 cm³/mol. The Balaban J connectivity index is 0.00000208. The van der Waals surface area contributed by atoms with E-state index in [0.717, 1.165) is 17.7 Å². The van der Waals surface area contributed by atoms with Crippen molar-refractivity contribution in [2.75, 3.05) is 31.3 Å². The van der Waals surface area contributed by atoms with Crippen LogP contribution in [-0.2, 0) is 14.6 Å². The highest BCUT2D eigenvalue weighted by atomic mass is 127. The monoisotopic (exact) mass is 467 g/mol. The fraction of sp³-hybridized carbons (Fsp3) is 0.533. The largest absolute Gasteiger partial charge is 0.493 e. The summed E-state index contributed by atoms with van der Waals surface area (Å²) in [5.74, 6) is 1.23. The first-order chi connectivity index (χ1) is 11.0. The third-order valence-electron chi connectivity index (χ3n) is 3.93. The van der Waals surface area contributed by atoms with Gasteiger partial charge in [0, 0.05) is 12.0 Å². The van der Waals surface area contributed by atoms with Crippen molar-refractivity contribution in [3.63, 3.8) is 0 Å². The van der Waals surface area contributed by atoms with E-state index in [4.69, 9.17) is 15.2 Å². The highest BCUT2D eigenvalue weighted by molar-refractivity contribution is 14.0. The lowest BCUT2D eigenvalue weighted by Gasteiger charge is -2.27. The van der Waals surface area contributed by atoms with Crippen LogP contribution in [0.1, 0.15) is 18.0 Å². The number of aliphatic imine (C=N–C) groups is 1. The molecule has 134 valence electrons. The van der Waals surface area contributed by atoms with Crippen molar-refractivity contribution in [3.8, 4) is 5.75 Å². The summed E-state index contributed by atoms with van der Waals surface area (Å²) in [5, 5.41) is 3.18. The molecule has 0 radical (unpaired) electrons. The molecular formula is C15H22IN3O4S. The Kier molecular flexibility index (Phi) is 6.70. The zero-order valence-electron chi connectivity index (χ0n) is 13.2. The molecule has 1 saturated heterocycles. The van der Waals surface area contributed by atoms with Gasteiger partial charge in [0.1, 0.15) is 5.75 Å². The lowest BCUT2D eigenvalue weighted by Crippen LogP contribution is -2.40. The Morgan fingerprint density at radius 2 is 2.12 bits per heavy atom. The molecule has 2 atom stereocenters. The molecule has 1 fully saturated rings. The number of hydrogen-bond donors (Lipinski definition) is 2. The number of sulfone groups is 1.